The van der Waals surface area contributed by atoms with Gasteiger partial charge in [-0.15, -0.1) is 0 Å². The fourth-order valence-corrected chi connectivity index (χ4v) is 1.95. The maximum atomic E-state index is 10.9. The van der Waals surface area contributed by atoms with Gasteiger partial charge < -0.3 is 10.4 Å². The van der Waals surface area contributed by atoms with Crippen LogP contribution in [0.15, 0.2) is 18.3 Å². The first-order chi connectivity index (χ1) is 9.17. The Morgan fingerprint density at radius 3 is 2.70 bits per heavy atom. The maximum absolute atomic E-state index is 10.9. The molecule has 0 aromatic carbocycles. The molecule has 0 radical (unpaired) electrons. The molecule has 0 aliphatic rings. The summed E-state index contributed by atoms with van der Waals surface area (Å²) in [5.74, 6) is -0.605. The van der Waals surface area contributed by atoms with E-state index in [-0.39, 0.29) is 23.6 Å². The second kappa shape index (κ2) is 6.31. The molecule has 0 bridgehead atoms. The molecule has 1 aromatic heterocycles. The van der Waals surface area contributed by atoms with Crippen molar-refractivity contribution in [2.45, 2.75) is 39.7 Å². The van der Waals surface area contributed by atoms with E-state index in [4.69, 9.17) is 5.11 Å². The number of anilines is 1. The van der Waals surface area contributed by atoms with Crippen LogP contribution in [0.1, 0.15) is 33.6 Å². The van der Waals surface area contributed by atoms with Crippen molar-refractivity contribution in [1.29, 1.82) is 0 Å². The van der Waals surface area contributed by atoms with Gasteiger partial charge in [0.2, 0.25) is 0 Å². The summed E-state index contributed by atoms with van der Waals surface area (Å²) in [5, 5.41) is 22.6. The number of carboxylic acid groups (broad SMARTS) is 1. The van der Waals surface area contributed by atoms with Crippen LogP contribution in [0, 0.1) is 15.5 Å². The number of nitrogens with one attached hydrogen (secondary N) is 1. The highest BCUT2D eigenvalue weighted by atomic mass is 16.6. The summed E-state index contributed by atoms with van der Waals surface area (Å²) in [4.78, 5) is 25.1. The molecule has 2 N–H and O–H groups in total. The van der Waals surface area contributed by atoms with Gasteiger partial charge in [-0.2, -0.15) is 0 Å². The standard InChI is InChI=1S/C13H19N3O4/c1-13(2,3)8-9(6-12(17)18)15-11-7-10(16(19)20)4-5-14-11/h4-5,7,9H,6,8H2,1-3H3,(H,14,15)(H,17,18). The monoisotopic (exact) mass is 281 g/mol. The zero-order valence-corrected chi connectivity index (χ0v) is 11.8. The molecule has 0 saturated heterocycles. The maximum Gasteiger partial charge on any atom is 0.305 e. The van der Waals surface area contributed by atoms with Crippen molar-refractivity contribution in [3.8, 4) is 0 Å². The highest BCUT2D eigenvalue weighted by Gasteiger charge is 2.22. The van der Waals surface area contributed by atoms with E-state index in [1.807, 2.05) is 20.8 Å². The minimum absolute atomic E-state index is 0.0617. The third kappa shape index (κ3) is 5.64. The van der Waals surface area contributed by atoms with Gasteiger partial charge >= 0.3 is 5.97 Å². The SMILES string of the molecule is CC(C)(C)CC(CC(=O)O)Nc1cc([N+](=O)[O-])ccn1. The number of hydrogen-bond donors (Lipinski definition) is 2. The van der Waals surface area contributed by atoms with E-state index in [2.05, 4.69) is 10.3 Å². The molecular formula is C13H19N3O4. The van der Waals surface area contributed by atoms with Crippen LogP contribution >= 0.6 is 0 Å². The van der Waals surface area contributed by atoms with E-state index < -0.39 is 10.9 Å². The molecular weight excluding hydrogens is 262 g/mol. The number of carbonyl (C=O) groups is 1. The van der Waals surface area contributed by atoms with Crippen molar-refractivity contribution in [1.82, 2.24) is 4.98 Å². The third-order valence-electron chi connectivity index (χ3n) is 2.59. The summed E-state index contributed by atoms with van der Waals surface area (Å²) in [6.45, 7) is 6.01. The summed E-state index contributed by atoms with van der Waals surface area (Å²) in [6, 6.07) is 2.26. The zero-order chi connectivity index (χ0) is 15.3. The molecule has 0 amide bonds. The molecule has 20 heavy (non-hydrogen) atoms. The van der Waals surface area contributed by atoms with Crippen LogP contribution in [-0.4, -0.2) is 27.0 Å². The van der Waals surface area contributed by atoms with Gasteiger partial charge in [0, 0.05) is 18.3 Å². The molecule has 1 rings (SSSR count). The van der Waals surface area contributed by atoms with Crippen molar-refractivity contribution in [2.24, 2.45) is 5.41 Å². The Balaban J connectivity index is 2.85. The molecule has 1 heterocycles. The highest BCUT2D eigenvalue weighted by molar-refractivity contribution is 5.68. The average Bonchev–Trinajstić information content (AvgIpc) is 2.25. The lowest BCUT2D eigenvalue weighted by Crippen LogP contribution is -2.28. The fourth-order valence-electron chi connectivity index (χ4n) is 1.95. The van der Waals surface area contributed by atoms with E-state index in [0.717, 1.165) is 0 Å². The van der Waals surface area contributed by atoms with E-state index in [1.54, 1.807) is 0 Å². The first-order valence-electron chi connectivity index (χ1n) is 6.26. The van der Waals surface area contributed by atoms with Crippen LogP contribution in [0.5, 0.6) is 0 Å². The summed E-state index contributed by atoms with van der Waals surface area (Å²) >= 11 is 0. The van der Waals surface area contributed by atoms with Crippen molar-refractivity contribution in [3.05, 3.63) is 28.4 Å². The van der Waals surface area contributed by atoms with E-state index in [1.165, 1.54) is 18.3 Å². The molecule has 0 aliphatic carbocycles. The van der Waals surface area contributed by atoms with E-state index in [0.29, 0.717) is 12.2 Å². The first kappa shape index (κ1) is 15.9. The first-order valence-corrected chi connectivity index (χ1v) is 6.26. The highest BCUT2D eigenvalue weighted by Crippen LogP contribution is 2.25. The predicted octanol–water partition coefficient (Wildman–Crippen LogP) is 2.68. The molecule has 1 atom stereocenters. The lowest BCUT2D eigenvalue weighted by Gasteiger charge is -2.26. The second-order valence-corrected chi connectivity index (χ2v) is 5.86. The number of carboxylic acids is 1. The van der Waals surface area contributed by atoms with Crippen molar-refractivity contribution >= 4 is 17.5 Å². The van der Waals surface area contributed by atoms with Gasteiger partial charge in [-0.1, -0.05) is 20.8 Å². The Morgan fingerprint density at radius 2 is 2.20 bits per heavy atom. The van der Waals surface area contributed by atoms with Gasteiger partial charge in [0.05, 0.1) is 17.4 Å². The minimum Gasteiger partial charge on any atom is -0.481 e. The number of nitrogens with zero attached hydrogens (tertiary/aromatic N) is 2. The van der Waals surface area contributed by atoms with E-state index in [9.17, 15) is 14.9 Å². The summed E-state index contributed by atoms with van der Waals surface area (Å²) < 4.78 is 0. The topological polar surface area (TPSA) is 105 Å². The predicted molar refractivity (Wildman–Crippen MR) is 74.6 cm³/mol. The molecule has 1 aromatic rings. The van der Waals surface area contributed by atoms with Gasteiger partial charge in [-0.05, 0) is 11.8 Å². The molecule has 0 aliphatic heterocycles. The Morgan fingerprint density at radius 1 is 1.55 bits per heavy atom. The lowest BCUT2D eigenvalue weighted by molar-refractivity contribution is -0.384. The average molecular weight is 281 g/mol. The van der Waals surface area contributed by atoms with Gasteiger partial charge in [-0.25, -0.2) is 4.98 Å². The van der Waals surface area contributed by atoms with Crippen LogP contribution in [0.4, 0.5) is 11.5 Å². The largest absolute Gasteiger partial charge is 0.481 e. The zero-order valence-electron chi connectivity index (χ0n) is 11.8. The molecule has 0 fully saturated rings. The number of aliphatic carboxylic acids is 1. The lowest BCUT2D eigenvalue weighted by atomic mass is 9.87. The number of pyridine rings is 1. The van der Waals surface area contributed by atoms with Crippen LogP contribution in [0.25, 0.3) is 0 Å². The molecule has 0 saturated carbocycles. The van der Waals surface area contributed by atoms with Crippen LogP contribution in [0.2, 0.25) is 0 Å². The summed E-state index contributed by atoms with van der Waals surface area (Å²) in [5.41, 5.74) is -0.138. The Bertz CT molecular complexity index is 497. The summed E-state index contributed by atoms with van der Waals surface area (Å²) in [7, 11) is 0. The normalized spacial score (nSPS) is 12.8. The third-order valence-corrected chi connectivity index (χ3v) is 2.59. The van der Waals surface area contributed by atoms with Crippen molar-refractivity contribution in [3.63, 3.8) is 0 Å². The molecule has 0 spiro atoms. The van der Waals surface area contributed by atoms with Crippen LogP contribution in [-0.2, 0) is 4.79 Å². The van der Waals surface area contributed by atoms with Gasteiger partial charge in [0.1, 0.15) is 5.82 Å². The van der Waals surface area contributed by atoms with Crippen molar-refractivity contribution < 1.29 is 14.8 Å². The van der Waals surface area contributed by atoms with Crippen molar-refractivity contribution in [2.75, 3.05) is 5.32 Å². The molecule has 110 valence electrons. The quantitative estimate of drug-likeness (QED) is 0.613. The minimum atomic E-state index is -0.919. The van der Waals surface area contributed by atoms with Gasteiger partial charge in [-0.3, -0.25) is 14.9 Å². The fraction of sp³-hybridized carbons (Fsp3) is 0.538. The smallest absolute Gasteiger partial charge is 0.305 e. The van der Waals surface area contributed by atoms with Crippen LogP contribution < -0.4 is 5.32 Å². The van der Waals surface area contributed by atoms with Gasteiger partial charge in [0.15, 0.2) is 0 Å². The number of aromatic nitrogens is 1. The number of rotatable bonds is 6. The van der Waals surface area contributed by atoms with E-state index >= 15 is 0 Å². The summed E-state index contributed by atoms with van der Waals surface area (Å²) in [6.07, 6.45) is 1.88. The molecule has 7 heteroatoms. The Hall–Kier alpha value is -2.18. The number of hydrogen-bond acceptors (Lipinski definition) is 5. The molecule has 1 unspecified atom stereocenters. The molecule has 7 nitrogen and oxygen atoms in total. The van der Waals surface area contributed by atoms with Gasteiger partial charge in [0.25, 0.3) is 5.69 Å². The van der Waals surface area contributed by atoms with Crippen LogP contribution in [0.3, 0.4) is 0 Å². The number of nitro groups is 1. The second-order valence-electron chi connectivity index (χ2n) is 5.86. The Labute approximate surface area is 117 Å². The Kier molecular flexibility index (Phi) is 5.01.